The van der Waals surface area contributed by atoms with E-state index >= 15 is 0 Å². The zero-order chi connectivity index (χ0) is 21.2. The average Bonchev–Trinajstić information content (AvgIpc) is 2.99. The van der Waals surface area contributed by atoms with Crippen LogP contribution in [-0.2, 0) is 4.79 Å². The normalized spacial score (nSPS) is 11.3. The van der Waals surface area contributed by atoms with Crippen molar-refractivity contribution >= 4 is 50.1 Å². The van der Waals surface area contributed by atoms with Crippen molar-refractivity contribution in [1.29, 1.82) is 0 Å². The first-order valence-electron chi connectivity index (χ1n) is 7.81. The molecule has 3 rings (SSSR count). The van der Waals surface area contributed by atoms with Crippen molar-refractivity contribution in [3.05, 3.63) is 52.8 Å². The molecule has 2 N–H and O–H groups in total. The van der Waals surface area contributed by atoms with Crippen LogP contribution in [0.5, 0.6) is 5.75 Å². The van der Waals surface area contributed by atoms with Gasteiger partial charge in [-0.3, -0.25) is 9.59 Å². The molecular weight excluding hydrogens is 438 g/mol. The van der Waals surface area contributed by atoms with Gasteiger partial charge < -0.3 is 15.4 Å². The summed E-state index contributed by atoms with van der Waals surface area (Å²) in [5.41, 5.74) is -0.0406. The summed E-state index contributed by atoms with van der Waals surface area (Å²) in [7, 11) is 0. The first-order chi connectivity index (χ1) is 13.6. The van der Waals surface area contributed by atoms with Crippen molar-refractivity contribution in [1.82, 2.24) is 10.3 Å². The van der Waals surface area contributed by atoms with E-state index < -0.39 is 36.3 Å². The van der Waals surface area contributed by atoms with Crippen LogP contribution in [0.25, 0.3) is 10.2 Å². The maximum absolute atomic E-state index is 13.7. The largest absolute Gasteiger partial charge is 0.573 e. The van der Waals surface area contributed by atoms with E-state index in [1.807, 2.05) is 0 Å². The molecule has 0 saturated carbocycles. The first-order valence-corrected chi connectivity index (χ1v) is 9.00. The van der Waals surface area contributed by atoms with E-state index in [0.717, 1.165) is 29.5 Å². The fraction of sp³-hybridized carbons (Fsp3) is 0.118. The van der Waals surface area contributed by atoms with Crippen LogP contribution in [0.4, 0.5) is 22.7 Å². The molecule has 0 radical (unpaired) electrons. The van der Waals surface area contributed by atoms with Gasteiger partial charge in [-0.05, 0) is 24.3 Å². The van der Waals surface area contributed by atoms with E-state index in [4.69, 9.17) is 11.6 Å². The molecule has 0 fully saturated rings. The zero-order valence-corrected chi connectivity index (χ0v) is 15.7. The van der Waals surface area contributed by atoms with Gasteiger partial charge in [-0.2, -0.15) is 0 Å². The number of anilines is 1. The minimum atomic E-state index is -4.82. The number of halogens is 5. The molecule has 1 heterocycles. The molecule has 1 aromatic heterocycles. The number of amides is 2. The highest BCUT2D eigenvalue weighted by molar-refractivity contribution is 7.22. The maximum atomic E-state index is 13.7. The lowest BCUT2D eigenvalue weighted by Gasteiger charge is -2.07. The SMILES string of the molecule is O=C(CNC(=O)c1c(F)cccc1Cl)Nc1nc2ccc(OC(F)(F)F)cc2s1. The number of hydrogen-bond donors (Lipinski definition) is 2. The Morgan fingerprint density at radius 1 is 1.21 bits per heavy atom. The number of aromatic nitrogens is 1. The van der Waals surface area contributed by atoms with Gasteiger partial charge in [-0.1, -0.05) is 29.0 Å². The van der Waals surface area contributed by atoms with Gasteiger partial charge in [0.25, 0.3) is 5.91 Å². The van der Waals surface area contributed by atoms with E-state index in [-0.39, 0.29) is 15.7 Å². The number of thiazole rings is 1. The van der Waals surface area contributed by atoms with Crippen LogP contribution < -0.4 is 15.4 Å². The molecule has 0 unspecified atom stereocenters. The summed E-state index contributed by atoms with van der Waals surface area (Å²) in [5, 5.41) is 4.62. The Labute approximate surface area is 169 Å². The number of nitrogens with zero attached hydrogens (tertiary/aromatic N) is 1. The van der Waals surface area contributed by atoms with Gasteiger partial charge >= 0.3 is 6.36 Å². The molecule has 0 bridgehead atoms. The summed E-state index contributed by atoms with van der Waals surface area (Å²) in [6, 6.07) is 7.26. The van der Waals surface area contributed by atoms with Crippen LogP contribution in [0.3, 0.4) is 0 Å². The van der Waals surface area contributed by atoms with Crippen LogP contribution in [-0.4, -0.2) is 29.7 Å². The molecular formula is C17H10ClF4N3O3S. The number of carbonyl (C=O) groups is 2. The van der Waals surface area contributed by atoms with Crippen molar-refractivity contribution in [2.24, 2.45) is 0 Å². The average molecular weight is 448 g/mol. The minimum Gasteiger partial charge on any atom is -0.406 e. The van der Waals surface area contributed by atoms with E-state index in [9.17, 15) is 27.2 Å². The number of alkyl halides is 3. The predicted molar refractivity (Wildman–Crippen MR) is 98.7 cm³/mol. The number of rotatable bonds is 5. The Kier molecular flexibility index (Phi) is 5.89. The molecule has 2 aromatic carbocycles. The Hall–Kier alpha value is -2.92. The number of hydrogen-bond acceptors (Lipinski definition) is 5. The summed E-state index contributed by atoms with van der Waals surface area (Å²) in [6.45, 7) is -0.498. The lowest BCUT2D eigenvalue weighted by Crippen LogP contribution is -2.33. The van der Waals surface area contributed by atoms with Gasteiger partial charge in [0, 0.05) is 6.07 Å². The van der Waals surface area contributed by atoms with Crippen LogP contribution in [0.15, 0.2) is 36.4 Å². The summed E-state index contributed by atoms with van der Waals surface area (Å²) >= 11 is 6.69. The first kappa shape index (κ1) is 20.8. The van der Waals surface area contributed by atoms with Crippen LogP contribution in [0.1, 0.15) is 10.4 Å². The van der Waals surface area contributed by atoms with Crippen molar-refractivity contribution in [3.63, 3.8) is 0 Å². The summed E-state index contributed by atoms with van der Waals surface area (Å²) in [4.78, 5) is 28.1. The molecule has 3 aromatic rings. The molecule has 0 saturated heterocycles. The highest BCUT2D eigenvalue weighted by atomic mass is 35.5. The van der Waals surface area contributed by atoms with Gasteiger partial charge in [-0.15, -0.1) is 13.2 Å². The second-order valence-electron chi connectivity index (χ2n) is 5.52. The number of nitrogens with one attached hydrogen (secondary N) is 2. The molecule has 0 aliphatic rings. The highest BCUT2D eigenvalue weighted by Gasteiger charge is 2.31. The third-order valence-electron chi connectivity index (χ3n) is 3.44. The summed E-state index contributed by atoms with van der Waals surface area (Å²) in [5.74, 6) is -2.79. The Balaban J connectivity index is 1.63. The number of carbonyl (C=O) groups excluding carboxylic acids is 2. The standard InChI is InChI=1S/C17H10ClF4N3O3S/c18-9-2-1-3-10(19)14(9)15(27)23-7-13(26)25-16-24-11-5-4-8(6-12(11)29-16)28-17(20,21)22/h1-6H,7H2,(H,23,27)(H,24,25,26). The monoisotopic (exact) mass is 447 g/mol. The zero-order valence-electron chi connectivity index (χ0n) is 14.1. The molecule has 6 nitrogen and oxygen atoms in total. The molecule has 29 heavy (non-hydrogen) atoms. The molecule has 0 atom stereocenters. The molecule has 0 aliphatic carbocycles. The van der Waals surface area contributed by atoms with E-state index in [1.165, 1.54) is 18.2 Å². The van der Waals surface area contributed by atoms with E-state index in [1.54, 1.807) is 0 Å². The minimum absolute atomic E-state index is 0.104. The van der Waals surface area contributed by atoms with Gasteiger partial charge in [-0.25, -0.2) is 9.37 Å². The maximum Gasteiger partial charge on any atom is 0.573 e. The highest BCUT2D eigenvalue weighted by Crippen LogP contribution is 2.31. The topological polar surface area (TPSA) is 80.3 Å². The second-order valence-corrected chi connectivity index (χ2v) is 6.96. The smallest absolute Gasteiger partial charge is 0.406 e. The molecule has 0 aliphatic heterocycles. The Bertz CT molecular complexity index is 1070. The number of ether oxygens (including phenoxy) is 1. The van der Waals surface area contributed by atoms with Crippen LogP contribution in [0, 0.1) is 5.82 Å². The lowest BCUT2D eigenvalue weighted by atomic mass is 10.2. The second kappa shape index (κ2) is 8.21. The fourth-order valence-electron chi connectivity index (χ4n) is 2.28. The Morgan fingerprint density at radius 3 is 2.66 bits per heavy atom. The quantitative estimate of drug-likeness (QED) is 0.570. The van der Waals surface area contributed by atoms with Crippen molar-refractivity contribution in [3.8, 4) is 5.75 Å². The Morgan fingerprint density at radius 2 is 1.97 bits per heavy atom. The van der Waals surface area contributed by atoms with Crippen molar-refractivity contribution < 1.29 is 31.9 Å². The molecule has 12 heteroatoms. The van der Waals surface area contributed by atoms with Crippen LogP contribution in [0.2, 0.25) is 5.02 Å². The van der Waals surface area contributed by atoms with Gasteiger partial charge in [0.1, 0.15) is 11.6 Å². The summed E-state index contributed by atoms with van der Waals surface area (Å²) < 4.78 is 54.7. The van der Waals surface area contributed by atoms with Gasteiger partial charge in [0.15, 0.2) is 5.13 Å². The van der Waals surface area contributed by atoms with Gasteiger partial charge in [0.2, 0.25) is 5.91 Å². The molecule has 2 amide bonds. The fourth-order valence-corrected chi connectivity index (χ4v) is 3.44. The van der Waals surface area contributed by atoms with Gasteiger partial charge in [0.05, 0.1) is 27.3 Å². The van der Waals surface area contributed by atoms with E-state index in [2.05, 4.69) is 20.4 Å². The summed E-state index contributed by atoms with van der Waals surface area (Å²) in [6.07, 6.45) is -4.82. The number of benzene rings is 2. The number of fused-ring (bicyclic) bond motifs is 1. The van der Waals surface area contributed by atoms with Crippen molar-refractivity contribution in [2.75, 3.05) is 11.9 Å². The molecule has 152 valence electrons. The third kappa shape index (κ3) is 5.33. The molecule has 0 spiro atoms. The lowest BCUT2D eigenvalue weighted by molar-refractivity contribution is -0.274. The van der Waals surface area contributed by atoms with E-state index in [0.29, 0.717) is 10.2 Å². The van der Waals surface area contributed by atoms with Crippen LogP contribution >= 0.6 is 22.9 Å². The predicted octanol–water partition coefficient (Wildman–Crippen LogP) is 4.36. The van der Waals surface area contributed by atoms with Crippen molar-refractivity contribution in [2.45, 2.75) is 6.36 Å². The third-order valence-corrected chi connectivity index (χ3v) is 4.69.